The van der Waals surface area contributed by atoms with Gasteiger partial charge >= 0.3 is 0 Å². The SMILES string of the molecule is O=C(c1ccc2nsnc2c1)N1CCN(c2ncccn2)CC1. The Hall–Kier alpha value is -2.61. The zero-order valence-corrected chi connectivity index (χ0v) is 13.1. The standard InChI is InChI=1S/C15H14N6OS/c22-14(11-2-3-12-13(10-11)19-23-18-12)20-6-8-21(9-7-20)15-16-4-1-5-17-15/h1-5,10H,6-9H2. The van der Waals surface area contributed by atoms with Crippen LogP contribution in [0.4, 0.5) is 5.95 Å². The van der Waals surface area contributed by atoms with Crippen LogP contribution >= 0.6 is 11.7 Å². The van der Waals surface area contributed by atoms with Gasteiger partial charge in [-0.05, 0) is 24.3 Å². The average molecular weight is 326 g/mol. The van der Waals surface area contributed by atoms with Crippen LogP contribution in [0.5, 0.6) is 0 Å². The first-order chi connectivity index (χ1) is 11.3. The van der Waals surface area contributed by atoms with Gasteiger partial charge in [-0.2, -0.15) is 8.75 Å². The lowest BCUT2D eigenvalue weighted by Gasteiger charge is -2.34. The first-order valence-electron chi connectivity index (χ1n) is 7.35. The van der Waals surface area contributed by atoms with Crippen molar-refractivity contribution in [2.45, 2.75) is 0 Å². The maximum atomic E-state index is 12.6. The lowest BCUT2D eigenvalue weighted by molar-refractivity contribution is 0.0746. The predicted octanol–water partition coefficient (Wildman–Crippen LogP) is 1.44. The number of hydrogen-bond acceptors (Lipinski definition) is 7. The van der Waals surface area contributed by atoms with Gasteiger partial charge in [-0.1, -0.05) is 0 Å². The fourth-order valence-corrected chi connectivity index (χ4v) is 3.18. The normalized spacial score (nSPS) is 15.1. The van der Waals surface area contributed by atoms with Crippen LogP contribution in [-0.2, 0) is 0 Å². The van der Waals surface area contributed by atoms with Crippen LogP contribution in [0, 0.1) is 0 Å². The van der Waals surface area contributed by atoms with Gasteiger partial charge < -0.3 is 9.80 Å². The number of fused-ring (bicyclic) bond motifs is 1. The highest BCUT2D eigenvalue weighted by atomic mass is 32.1. The highest BCUT2D eigenvalue weighted by Gasteiger charge is 2.23. The molecule has 2 aromatic heterocycles. The zero-order chi connectivity index (χ0) is 15.6. The number of carbonyl (C=O) groups excluding carboxylic acids is 1. The number of hydrogen-bond donors (Lipinski definition) is 0. The summed E-state index contributed by atoms with van der Waals surface area (Å²) < 4.78 is 8.35. The Morgan fingerprint density at radius 3 is 2.52 bits per heavy atom. The lowest BCUT2D eigenvalue weighted by Crippen LogP contribution is -2.49. The van der Waals surface area contributed by atoms with Crippen LogP contribution in [0.2, 0.25) is 0 Å². The number of anilines is 1. The number of rotatable bonds is 2. The molecule has 1 aromatic carbocycles. The van der Waals surface area contributed by atoms with E-state index in [9.17, 15) is 4.79 Å². The van der Waals surface area contributed by atoms with Crippen molar-refractivity contribution in [2.75, 3.05) is 31.1 Å². The van der Waals surface area contributed by atoms with E-state index in [0.29, 0.717) is 18.7 Å². The van der Waals surface area contributed by atoms with Crippen LogP contribution in [0.15, 0.2) is 36.7 Å². The molecule has 8 heteroatoms. The van der Waals surface area contributed by atoms with E-state index in [1.807, 2.05) is 23.1 Å². The Labute approximate surface area is 136 Å². The zero-order valence-electron chi connectivity index (χ0n) is 12.3. The lowest BCUT2D eigenvalue weighted by atomic mass is 10.1. The van der Waals surface area contributed by atoms with Crippen LogP contribution in [0.25, 0.3) is 11.0 Å². The van der Waals surface area contributed by atoms with Gasteiger partial charge in [0, 0.05) is 44.1 Å². The summed E-state index contributed by atoms with van der Waals surface area (Å²) in [7, 11) is 0. The molecule has 0 bridgehead atoms. The van der Waals surface area contributed by atoms with Crippen molar-refractivity contribution in [1.82, 2.24) is 23.6 Å². The maximum Gasteiger partial charge on any atom is 0.254 e. The minimum absolute atomic E-state index is 0.0357. The number of piperazine rings is 1. The Morgan fingerprint density at radius 2 is 1.74 bits per heavy atom. The summed E-state index contributed by atoms with van der Waals surface area (Å²) in [5, 5.41) is 0. The molecule has 0 aliphatic carbocycles. The molecule has 1 aliphatic rings. The maximum absolute atomic E-state index is 12.6. The summed E-state index contributed by atoms with van der Waals surface area (Å²) in [6, 6.07) is 7.28. The van der Waals surface area contributed by atoms with Crippen LogP contribution in [0.3, 0.4) is 0 Å². The summed E-state index contributed by atoms with van der Waals surface area (Å²) in [6.45, 7) is 2.78. The molecule has 3 aromatic rings. The largest absolute Gasteiger partial charge is 0.337 e. The average Bonchev–Trinajstić information content (AvgIpc) is 3.10. The second-order valence-electron chi connectivity index (χ2n) is 5.30. The molecule has 4 rings (SSSR count). The van der Waals surface area contributed by atoms with Crippen molar-refractivity contribution in [3.05, 3.63) is 42.2 Å². The highest BCUT2D eigenvalue weighted by Crippen LogP contribution is 2.17. The van der Waals surface area contributed by atoms with Crippen LogP contribution < -0.4 is 4.90 Å². The topological polar surface area (TPSA) is 75.1 Å². The van der Waals surface area contributed by atoms with Gasteiger partial charge in [-0.25, -0.2) is 9.97 Å². The van der Waals surface area contributed by atoms with Gasteiger partial charge in [0.05, 0.1) is 11.7 Å². The molecule has 0 saturated carbocycles. The molecule has 0 atom stereocenters. The molecule has 23 heavy (non-hydrogen) atoms. The van der Waals surface area contributed by atoms with Crippen molar-refractivity contribution < 1.29 is 4.79 Å². The van der Waals surface area contributed by atoms with Gasteiger partial charge in [0.25, 0.3) is 5.91 Å². The number of nitrogens with zero attached hydrogens (tertiary/aromatic N) is 6. The van der Waals surface area contributed by atoms with Gasteiger partial charge in [-0.15, -0.1) is 0 Å². The summed E-state index contributed by atoms with van der Waals surface area (Å²) in [5.74, 6) is 0.753. The molecule has 0 N–H and O–H groups in total. The van der Waals surface area contributed by atoms with Gasteiger partial charge in [0.1, 0.15) is 11.0 Å². The van der Waals surface area contributed by atoms with Crippen molar-refractivity contribution in [2.24, 2.45) is 0 Å². The van der Waals surface area contributed by atoms with Crippen LogP contribution in [-0.4, -0.2) is 55.7 Å². The van der Waals surface area contributed by atoms with E-state index in [0.717, 1.165) is 41.8 Å². The second-order valence-corrected chi connectivity index (χ2v) is 5.82. The molecule has 7 nitrogen and oxygen atoms in total. The Balaban J connectivity index is 1.46. The van der Waals surface area contributed by atoms with E-state index in [2.05, 4.69) is 23.6 Å². The first kappa shape index (κ1) is 14.0. The van der Waals surface area contributed by atoms with Crippen molar-refractivity contribution in [1.29, 1.82) is 0 Å². The molecule has 1 aliphatic heterocycles. The minimum atomic E-state index is 0.0357. The molecule has 1 fully saturated rings. The molecule has 0 unspecified atom stereocenters. The van der Waals surface area contributed by atoms with Gasteiger partial charge in [-0.3, -0.25) is 4.79 Å². The van der Waals surface area contributed by atoms with Crippen molar-refractivity contribution in [3.63, 3.8) is 0 Å². The molecule has 1 amide bonds. The second kappa shape index (κ2) is 5.88. The van der Waals surface area contributed by atoms with Crippen molar-refractivity contribution in [3.8, 4) is 0 Å². The van der Waals surface area contributed by atoms with E-state index >= 15 is 0 Å². The third-order valence-electron chi connectivity index (χ3n) is 3.90. The van der Waals surface area contributed by atoms with E-state index in [-0.39, 0.29) is 5.91 Å². The summed E-state index contributed by atoms with van der Waals surface area (Å²) in [6.07, 6.45) is 3.47. The van der Waals surface area contributed by atoms with E-state index in [4.69, 9.17) is 0 Å². The predicted molar refractivity (Wildman–Crippen MR) is 87.6 cm³/mol. The van der Waals surface area contributed by atoms with Gasteiger partial charge in [0.15, 0.2) is 0 Å². The number of aromatic nitrogens is 4. The molecule has 0 radical (unpaired) electrons. The monoisotopic (exact) mass is 326 g/mol. The number of benzene rings is 1. The van der Waals surface area contributed by atoms with E-state index in [1.54, 1.807) is 18.5 Å². The summed E-state index contributed by atoms with van der Waals surface area (Å²) in [4.78, 5) is 25.1. The minimum Gasteiger partial charge on any atom is -0.337 e. The van der Waals surface area contributed by atoms with E-state index in [1.165, 1.54) is 0 Å². The Morgan fingerprint density at radius 1 is 1.00 bits per heavy atom. The summed E-state index contributed by atoms with van der Waals surface area (Å²) >= 11 is 1.16. The molecule has 116 valence electrons. The molecule has 1 saturated heterocycles. The summed E-state index contributed by atoms with van der Waals surface area (Å²) in [5.41, 5.74) is 2.27. The molecular weight excluding hydrogens is 312 g/mol. The number of amides is 1. The molecule has 3 heterocycles. The van der Waals surface area contributed by atoms with Crippen LogP contribution in [0.1, 0.15) is 10.4 Å². The Kier molecular flexibility index (Phi) is 3.58. The quantitative estimate of drug-likeness (QED) is 0.709. The smallest absolute Gasteiger partial charge is 0.254 e. The fraction of sp³-hybridized carbons (Fsp3) is 0.267. The highest BCUT2D eigenvalue weighted by molar-refractivity contribution is 7.00. The van der Waals surface area contributed by atoms with E-state index < -0.39 is 0 Å². The fourth-order valence-electron chi connectivity index (χ4n) is 2.66. The van der Waals surface area contributed by atoms with Crippen molar-refractivity contribution >= 4 is 34.6 Å². The first-order valence-corrected chi connectivity index (χ1v) is 8.08. The number of carbonyl (C=O) groups is 1. The molecule has 0 spiro atoms. The third kappa shape index (κ3) is 2.72. The Bertz CT molecular complexity index is 828. The molecular formula is C15H14N6OS. The third-order valence-corrected chi connectivity index (χ3v) is 4.46. The van der Waals surface area contributed by atoms with Gasteiger partial charge in [0.2, 0.25) is 5.95 Å².